The zero-order chi connectivity index (χ0) is 13.3. The zero-order valence-electron chi connectivity index (χ0n) is 12.3. The Morgan fingerprint density at radius 3 is 2.39 bits per heavy atom. The molecule has 1 aliphatic rings. The van der Waals surface area contributed by atoms with Gasteiger partial charge in [-0.25, -0.2) is 0 Å². The molecule has 1 heteroatoms. The molecule has 2 N–H and O–H groups in total. The van der Waals surface area contributed by atoms with Gasteiger partial charge in [0.05, 0.1) is 0 Å². The molecular formula is C17H27N. The molecule has 1 aromatic carbocycles. The van der Waals surface area contributed by atoms with Crippen LogP contribution in [0.3, 0.4) is 0 Å². The molecule has 18 heavy (non-hydrogen) atoms. The summed E-state index contributed by atoms with van der Waals surface area (Å²) in [6.45, 7) is 9.10. The van der Waals surface area contributed by atoms with E-state index in [4.69, 9.17) is 5.73 Å². The molecule has 1 nitrogen and oxygen atoms in total. The molecule has 0 bridgehead atoms. The Balaban J connectivity index is 2.12. The first-order chi connectivity index (χ1) is 8.39. The third kappa shape index (κ3) is 2.95. The number of benzene rings is 1. The summed E-state index contributed by atoms with van der Waals surface area (Å²) >= 11 is 0. The maximum atomic E-state index is 6.53. The van der Waals surface area contributed by atoms with Gasteiger partial charge in [-0.2, -0.15) is 0 Å². The quantitative estimate of drug-likeness (QED) is 0.814. The van der Waals surface area contributed by atoms with Crippen LogP contribution in [0.2, 0.25) is 0 Å². The van der Waals surface area contributed by atoms with Crippen molar-refractivity contribution in [2.75, 3.05) is 0 Å². The van der Waals surface area contributed by atoms with Crippen LogP contribution in [-0.4, -0.2) is 0 Å². The Morgan fingerprint density at radius 1 is 1.17 bits per heavy atom. The SMILES string of the molecule is Cc1ccc(C)c(C(N)C2CCC(C)(C)CC2)c1. The average molecular weight is 245 g/mol. The van der Waals surface area contributed by atoms with Crippen LogP contribution in [0.25, 0.3) is 0 Å². The van der Waals surface area contributed by atoms with E-state index in [0.717, 1.165) is 0 Å². The fourth-order valence-electron chi connectivity index (χ4n) is 3.15. The van der Waals surface area contributed by atoms with Gasteiger partial charge in [-0.3, -0.25) is 0 Å². The molecule has 1 saturated carbocycles. The van der Waals surface area contributed by atoms with E-state index in [1.807, 2.05) is 0 Å². The molecule has 1 aromatic rings. The van der Waals surface area contributed by atoms with E-state index < -0.39 is 0 Å². The molecule has 0 radical (unpaired) electrons. The first kappa shape index (κ1) is 13.6. The van der Waals surface area contributed by atoms with Crippen molar-refractivity contribution in [3.05, 3.63) is 34.9 Å². The predicted octanol–water partition coefficient (Wildman–Crippen LogP) is 4.52. The monoisotopic (exact) mass is 245 g/mol. The summed E-state index contributed by atoms with van der Waals surface area (Å²) in [7, 11) is 0. The second kappa shape index (κ2) is 5.05. The van der Waals surface area contributed by atoms with E-state index in [1.54, 1.807) is 0 Å². The number of rotatable bonds is 2. The Kier molecular flexibility index (Phi) is 3.82. The molecule has 0 saturated heterocycles. The van der Waals surface area contributed by atoms with Crippen LogP contribution >= 0.6 is 0 Å². The largest absolute Gasteiger partial charge is 0.324 e. The third-order valence-electron chi connectivity index (χ3n) is 4.69. The second-order valence-corrected chi connectivity index (χ2v) is 6.89. The van der Waals surface area contributed by atoms with E-state index in [2.05, 4.69) is 45.9 Å². The van der Waals surface area contributed by atoms with E-state index in [9.17, 15) is 0 Å². The van der Waals surface area contributed by atoms with Crippen LogP contribution in [0, 0.1) is 25.2 Å². The number of aryl methyl sites for hydroxylation is 2. The minimum Gasteiger partial charge on any atom is -0.324 e. The van der Waals surface area contributed by atoms with Gasteiger partial charge < -0.3 is 5.73 Å². The van der Waals surface area contributed by atoms with Crippen LogP contribution in [0.5, 0.6) is 0 Å². The van der Waals surface area contributed by atoms with Gasteiger partial charge in [0, 0.05) is 6.04 Å². The molecule has 0 heterocycles. The topological polar surface area (TPSA) is 26.0 Å². The van der Waals surface area contributed by atoms with Crippen molar-refractivity contribution in [2.45, 2.75) is 59.4 Å². The van der Waals surface area contributed by atoms with Gasteiger partial charge >= 0.3 is 0 Å². The lowest BCUT2D eigenvalue weighted by atomic mass is 9.70. The van der Waals surface area contributed by atoms with Crippen LogP contribution in [0.15, 0.2) is 18.2 Å². The number of hydrogen-bond acceptors (Lipinski definition) is 1. The van der Waals surface area contributed by atoms with Crippen LogP contribution < -0.4 is 5.73 Å². The number of nitrogens with two attached hydrogens (primary N) is 1. The second-order valence-electron chi connectivity index (χ2n) is 6.89. The molecule has 2 rings (SSSR count). The molecule has 0 aromatic heterocycles. The molecule has 100 valence electrons. The fraction of sp³-hybridized carbons (Fsp3) is 0.647. The Bertz CT molecular complexity index is 410. The van der Waals surface area contributed by atoms with E-state index in [1.165, 1.54) is 42.4 Å². The molecule has 1 atom stereocenters. The zero-order valence-corrected chi connectivity index (χ0v) is 12.3. The highest BCUT2D eigenvalue weighted by Gasteiger charge is 2.30. The van der Waals surface area contributed by atoms with Crippen molar-refractivity contribution in [2.24, 2.45) is 17.1 Å². The number of hydrogen-bond donors (Lipinski definition) is 1. The summed E-state index contributed by atoms with van der Waals surface area (Å²) in [5.41, 5.74) is 11.1. The Morgan fingerprint density at radius 2 is 1.78 bits per heavy atom. The van der Waals surface area contributed by atoms with Gasteiger partial charge in [0.1, 0.15) is 0 Å². The van der Waals surface area contributed by atoms with E-state index in [-0.39, 0.29) is 6.04 Å². The minimum atomic E-state index is 0.223. The summed E-state index contributed by atoms with van der Waals surface area (Å²) in [5.74, 6) is 0.665. The van der Waals surface area contributed by atoms with Gasteiger partial charge in [0.2, 0.25) is 0 Å². The van der Waals surface area contributed by atoms with Crippen molar-refractivity contribution < 1.29 is 0 Å². The van der Waals surface area contributed by atoms with Crippen molar-refractivity contribution in [1.82, 2.24) is 0 Å². The van der Waals surface area contributed by atoms with Gasteiger partial charge in [0.25, 0.3) is 0 Å². The van der Waals surface area contributed by atoms with Crippen molar-refractivity contribution in [1.29, 1.82) is 0 Å². The van der Waals surface area contributed by atoms with Crippen LogP contribution in [0.4, 0.5) is 0 Å². The first-order valence-electron chi connectivity index (χ1n) is 7.22. The summed E-state index contributed by atoms with van der Waals surface area (Å²) in [6, 6.07) is 6.88. The first-order valence-corrected chi connectivity index (χ1v) is 7.22. The predicted molar refractivity (Wildman–Crippen MR) is 78.6 cm³/mol. The molecule has 0 spiro atoms. The fourth-order valence-corrected chi connectivity index (χ4v) is 3.15. The molecule has 0 amide bonds. The average Bonchev–Trinajstić information content (AvgIpc) is 2.31. The van der Waals surface area contributed by atoms with E-state index >= 15 is 0 Å². The summed E-state index contributed by atoms with van der Waals surface area (Å²) in [5, 5.41) is 0. The van der Waals surface area contributed by atoms with Crippen molar-refractivity contribution >= 4 is 0 Å². The maximum absolute atomic E-state index is 6.53. The van der Waals surface area contributed by atoms with E-state index in [0.29, 0.717) is 11.3 Å². The Hall–Kier alpha value is -0.820. The lowest BCUT2D eigenvalue weighted by Gasteiger charge is -2.37. The lowest BCUT2D eigenvalue weighted by molar-refractivity contribution is 0.173. The normalized spacial score (nSPS) is 21.8. The van der Waals surface area contributed by atoms with Gasteiger partial charge in [-0.05, 0) is 62.0 Å². The minimum absolute atomic E-state index is 0.223. The van der Waals surface area contributed by atoms with Crippen LogP contribution in [0.1, 0.15) is 62.3 Å². The van der Waals surface area contributed by atoms with Crippen molar-refractivity contribution in [3.8, 4) is 0 Å². The highest BCUT2D eigenvalue weighted by Crippen LogP contribution is 2.42. The lowest BCUT2D eigenvalue weighted by Crippen LogP contribution is -2.29. The molecule has 1 aliphatic carbocycles. The van der Waals surface area contributed by atoms with Gasteiger partial charge in [-0.1, -0.05) is 37.6 Å². The standard InChI is InChI=1S/C17H27N/c1-12-5-6-13(2)15(11-12)16(18)14-7-9-17(3,4)10-8-14/h5-6,11,14,16H,7-10,18H2,1-4H3. The molecule has 1 fully saturated rings. The molecule has 1 unspecified atom stereocenters. The summed E-state index contributed by atoms with van der Waals surface area (Å²) < 4.78 is 0. The highest BCUT2D eigenvalue weighted by molar-refractivity contribution is 5.33. The smallest absolute Gasteiger partial charge is 0.0326 e. The Labute approximate surface area is 112 Å². The maximum Gasteiger partial charge on any atom is 0.0326 e. The van der Waals surface area contributed by atoms with Gasteiger partial charge in [0.15, 0.2) is 0 Å². The van der Waals surface area contributed by atoms with Crippen LogP contribution in [-0.2, 0) is 0 Å². The van der Waals surface area contributed by atoms with Crippen molar-refractivity contribution in [3.63, 3.8) is 0 Å². The highest BCUT2D eigenvalue weighted by atomic mass is 14.7. The summed E-state index contributed by atoms with van der Waals surface area (Å²) in [6.07, 6.45) is 5.19. The van der Waals surface area contributed by atoms with Gasteiger partial charge in [-0.15, -0.1) is 0 Å². The molecule has 0 aliphatic heterocycles. The summed E-state index contributed by atoms with van der Waals surface area (Å²) in [4.78, 5) is 0. The third-order valence-corrected chi connectivity index (χ3v) is 4.69. The molecular weight excluding hydrogens is 218 g/mol.